The van der Waals surface area contributed by atoms with Gasteiger partial charge in [-0.1, -0.05) is 62.4 Å². The van der Waals surface area contributed by atoms with Gasteiger partial charge < -0.3 is 15.2 Å². The number of carbonyl (C=O) groups excluding carboxylic acids is 4. The van der Waals surface area contributed by atoms with Crippen LogP contribution in [0.5, 0.6) is 23.0 Å². The Hall–Kier alpha value is -5.04. The molecular formula is C34H31NO6. The number of hydrogen-bond donors (Lipinski definition) is 1. The Labute approximate surface area is 238 Å². The molecule has 4 aromatic carbocycles. The van der Waals surface area contributed by atoms with Gasteiger partial charge in [0.05, 0.1) is 11.1 Å². The number of nitrogens with two attached hydrogens (primary N) is 1. The number of rotatable bonds is 10. The van der Waals surface area contributed by atoms with E-state index in [1.807, 2.05) is 36.4 Å². The van der Waals surface area contributed by atoms with Crippen LogP contribution in [0.25, 0.3) is 0 Å². The molecule has 0 aliphatic heterocycles. The van der Waals surface area contributed by atoms with Gasteiger partial charge in [-0.2, -0.15) is 0 Å². The van der Waals surface area contributed by atoms with Crippen LogP contribution in [0.3, 0.4) is 0 Å². The summed E-state index contributed by atoms with van der Waals surface area (Å²) >= 11 is 0. The van der Waals surface area contributed by atoms with Crippen molar-refractivity contribution in [3.8, 4) is 23.0 Å². The summed E-state index contributed by atoms with van der Waals surface area (Å²) < 4.78 is 12.0. The maximum absolute atomic E-state index is 12.3. The summed E-state index contributed by atoms with van der Waals surface area (Å²) in [5.41, 5.74) is 8.05. The van der Waals surface area contributed by atoms with Crippen LogP contribution in [-0.2, 0) is 5.41 Å². The van der Waals surface area contributed by atoms with Crippen LogP contribution in [0.15, 0.2) is 84.9 Å². The highest BCUT2D eigenvalue weighted by Gasteiger charge is 2.24. The van der Waals surface area contributed by atoms with E-state index in [1.165, 1.54) is 20.8 Å². The van der Waals surface area contributed by atoms with E-state index in [0.717, 1.165) is 11.1 Å². The summed E-state index contributed by atoms with van der Waals surface area (Å²) in [6.07, 6.45) is 0. The van der Waals surface area contributed by atoms with E-state index in [9.17, 15) is 19.2 Å². The van der Waals surface area contributed by atoms with Gasteiger partial charge in [0.25, 0.3) is 5.91 Å². The molecule has 0 aliphatic carbocycles. The van der Waals surface area contributed by atoms with E-state index in [1.54, 1.807) is 48.5 Å². The first-order valence-electron chi connectivity index (χ1n) is 13.1. The standard InChI is InChI=1S/C34H31NO6/c1-20(36)27-8-6-10-29(31(27)22(3)38)40-25-16-12-23(13-17-25)34(4,5)24-14-18-26(19-15-24)41-30-11-7-9-28(21(2)37)32(30)33(35)39/h6-19H,1-5H3,(H2,35,39). The Bertz CT molecular complexity index is 1530. The van der Waals surface area contributed by atoms with Crippen LogP contribution in [0.4, 0.5) is 0 Å². The minimum absolute atomic E-state index is 0.0511. The highest BCUT2D eigenvalue weighted by Crippen LogP contribution is 2.36. The molecule has 0 unspecified atom stereocenters. The van der Waals surface area contributed by atoms with Gasteiger partial charge in [0.1, 0.15) is 23.0 Å². The minimum Gasteiger partial charge on any atom is -0.457 e. The number of hydrogen-bond acceptors (Lipinski definition) is 6. The van der Waals surface area contributed by atoms with Crippen LogP contribution in [0, 0.1) is 0 Å². The Kier molecular flexibility index (Phi) is 8.19. The van der Waals surface area contributed by atoms with Crippen molar-refractivity contribution in [3.05, 3.63) is 118 Å². The molecule has 2 N–H and O–H groups in total. The first kappa shape index (κ1) is 29.0. The zero-order valence-electron chi connectivity index (χ0n) is 23.6. The van der Waals surface area contributed by atoms with Gasteiger partial charge in [0, 0.05) is 16.5 Å². The third-order valence-corrected chi connectivity index (χ3v) is 7.02. The summed E-state index contributed by atoms with van der Waals surface area (Å²) in [7, 11) is 0. The fourth-order valence-corrected chi connectivity index (χ4v) is 4.74. The smallest absolute Gasteiger partial charge is 0.253 e. The third kappa shape index (κ3) is 6.09. The SMILES string of the molecule is CC(=O)c1cccc(Oc2ccc(C(C)(C)c3ccc(Oc4cccc(C(C)=O)c4C(N)=O)cc3)cc2)c1C(C)=O. The number of amides is 1. The molecule has 0 saturated heterocycles. The Morgan fingerprint density at radius 3 is 1.32 bits per heavy atom. The topological polar surface area (TPSA) is 113 Å². The van der Waals surface area contributed by atoms with Crippen molar-refractivity contribution in [1.29, 1.82) is 0 Å². The van der Waals surface area contributed by atoms with E-state index < -0.39 is 5.91 Å². The summed E-state index contributed by atoms with van der Waals surface area (Å²) in [6, 6.07) is 24.8. The zero-order chi connectivity index (χ0) is 29.9. The monoisotopic (exact) mass is 549 g/mol. The maximum atomic E-state index is 12.3. The molecule has 7 heteroatoms. The number of ether oxygens (including phenoxy) is 2. The lowest BCUT2D eigenvalue weighted by Gasteiger charge is -2.26. The lowest BCUT2D eigenvalue weighted by molar-refractivity contribution is 0.0971. The fourth-order valence-electron chi connectivity index (χ4n) is 4.74. The average Bonchev–Trinajstić information content (AvgIpc) is 2.93. The highest BCUT2D eigenvalue weighted by atomic mass is 16.5. The molecule has 0 atom stereocenters. The summed E-state index contributed by atoms with van der Waals surface area (Å²) in [5.74, 6) is 0.123. The zero-order valence-corrected chi connectivity index (χ0v) is 23.6. The fraction of sp³-hybridized carbons (Fsp3) is 0.176. The molecule has 0 aromatic heterocycles. The largest absolute Gasteiger partial charge is 0.457 e. The number of benzene rings is 4. The molecule has 208 valence electrons. The van der Waals surface area contributed by atoms with E-state index >= 15 is 0 Å². The van der Waals surface area contributed by atoms with Gasteiger partial charge in [0.2, 0.25) is 0 Å². The number of primary amides is 1. The predicted molar refractivity (Wildman–Crippen MR) is 157 cm³/mol. The molecule has 1 amide bonds. The molecule has 7 nitrogen and oxygen atoms in total. The van der Waals surface area contributed by atoms with Gasteiger partial charge in [-0.05, 0) is 68.3 Å². The average molecular weight is 550 g/mol. The highest BCUT2D eigenvalue weighted by molar-refractivity contribution is 6.09. The molecule has 0 radical (unpaired) electrons. The second kappa shape index (κ2) is 11.6. The summed E-state index contributed by atoms with van der Waals surface area (Å²) in [4.78, 5) is 48.3. The van der Waals surface area contributed by atoms with Crippen molar-refractivity contribution in [2.45, 2.75) is 40.0 Å². The molecule has 4 aromatic rings. The molecule has 0 heterocycles. The Morgan fingerprint density at radius 1 is 0.561 bits per heavy atom. The van der Waals surface area contributed by atoms with E-state index in [4.69, 9.17) is 15.2 Å². The quantitative estimate of drug-likeness (QED) is 0.208. The second-order valence-electron chi connectivity index (χ2n) is 10.3. The molecule has 0 fully saturated rings. The van der Waals surface area contributed by atoms with Crippen molar-refractivity contribution in [1.82, 2.24) is 0 Å². The second-order valence-corrected chi connectivity index (χ2v) is 10.3. The van der Waals surface area contributed by atoms with Crippen LogP contribution >= 0.6 is 0 Å². The number of Topliss-reactive ketones (excluding diaryl/α,β-unsaturated/α-hetero) is 3. The van der Waals surface area contributed by atoms with Gasteiger partial charge in [-0.3, -0.25) is 19.2 Å². The van der Waals surface area contributed by atoms with Gasteiger partial charge in [0.15, 0.2) is 17.3 Å². The van der Waals surface area contributed by atoms with E-state index in [0.29, 0.717) is 22.8 Å². The molecule has 0 saturated carbocycles. The molecule has 0 bridgehead atoms. The molecule has 41 heavy (non-hydrogen) atoms. The molecular weight excluding hydrogens is 518 g/mol. The maximum Gasteiger partial charge on any atom is 0.253 e. The lowest BCUT2D eigenvalue weighted by Crippen LogP contribution is -2.18. The first-order chi connectivity index (χ1) is 19.4. The number of carbonyl (C=O) groups is 4. The van der Waals surface area contributed by atoms with Gasteiger partial charge in [-0.15, -0.1) is 0 Å². The van der Waals surface area contributed by atoms with Crippen LogP contribution in [0.2, 0.25) is 0 Å². The van der Waals surface area contributed by atoms with Crippen LogP contribution in [-0.4, -0.2) is 23.3 Å². The third-order valence-electron chi connectivity index (χ3n) is 7.02. The predicted octanol–water partition coefficient (Wildman–Crippen LogP) is 7.30. The Balaban J connectivity index is 1.55. The van der Waals surface area contributed by atoms with Crippen molar-refractivity contribution in [2.75, 3.05) is 0 Å². The van der Waals surface area contributed by atoms with Crippen LogP contribution in [0.1, 0.15) is 87.2 Å². The molecule has 4 rings (SSSR count). The van der Waals surface area contributed by atoms with Gasteiger partial charge in [-0.25, -0.2) is 0 Å². The van der Waals surface area contributed by atoms with Crippen LogP contribution < -0.4 is 15.2 Å². The van der Waals surface area contributed by atoms with Crippen molar-refractivity contribution in [3.63, 3.8) is 0 Å². The normalized spacial score (nSPS) is 11.0. The van der Waals surface area contributed by atoms with Gasteiger partial charge >= 0.3 is 0 Å². The number of ketones is 3. The minimum atomic E-state index is -0.736. The van der Waals surface area contributed by atoms with E-state index in [-0.39, 0.29) is 45.2 Å². The van der Waals surface area contributed by atoms with Crippen molar-refractivity contribution in [2.24, 2.45) is 5.73 Å². The molecule has 0 aliphatic rings. The Morgan fingerprint density at radius 2 is 0.951 bits per heavy atom. The summed E-state index contributed by atoms with van der Waals surface area (Å²) in [5, 5.41) is 0. The first-order valence-corrected chi connectivity index (χ1v) is 13.1. The van der Waals surface area contributed by atoms with E-state index in [2.05, 4.69) is 13.8 Å². The molecule has 0 spiro atoms. The van der Waals surface area contributed by atoms with Crippen molar-refractivity contribution >= 4 is 23.3 Å². The lowest BCUT2D eigenvalue weighted by atomic mass is 9.78. The summed E-state index contributed by atoms with van der Waals surface area (Å²) in [6.45, 7) is 8.38. The van der Waals surface area contributed by atoms with Crippen molar-refractivity contribution < 1.29 is 28.7 Å².